The van der Waals surface area contributed by atoms with Crippen molar-refractivity contribution in [1.29, 1.82) is 5.26 Å². The molecule has 0 N–H and O–H groups in total. The molecule has 4 heteroatoms. The first kappa shape index (κ1) is 14.4. The molecule has 0 saturated heterocycles. The summed E-state index contributed by atoms with van der Waals surface area (Å²) in [4.78, 5) is 0. The van der Waals surface area contributed by atoms with Gasteiger partial charge in [0.15, 0.2) is 0 Å². The molecule has 0 amide bonds. The van der Waals surface area contributed by atoms with Crippen molar-refractivity contribution in [3.05, 3.63) is 64.4 Å². The zero-order valence-electron chi connectivity index (χ0n) is 11.2. The molecule has 0 spiro atoms. The van der Waals surface area contributed by atoms with Crippen LogP contribution in [0.2, 0.25) is 5.02 Å². The molecule has 102 valence electrons. The Balaban J connectivity index is 2.31. The molecule has 0 aliphatic carbocycles. The van der Waals surface area contributed by atoms with Gasteiger partial charge in [0.2, 0.25) is 0 Å². The van der Waals surface area contributed by atoms with E-state index in [0.29, 0.717) is 10.8 Å². The van der Waals surface area contributed by atoms with E-state index in [1.54, 1.807) is 12.1 Å². The Morgan fingerprint density at radius 2 is 1.95 bits per heavy atom. The van der Waals surface area contributed by atoms with E-state index in [4.69, 9.17) is 21.6 Å². The molecular weight excluding hydrogens is 277 g/mol. The van der Waals surface area contributed by atoms with Gasteiger partial charge in [-0.25, -0.2) is 4.39 Å². The van der Waals surface area contributed by atoms with Crippen LogP contribution in [0, 0.1) is 17.1 Å². The van der Waals surface area contributed by atoms with Gasteiger partial charge in [-0.05, 0) is 43.7 Å². The number of nitriles is 1. The van der Waals surface area contributed by atoms with E-state index in [2.05, 4.69) is 0 Å². The number of hydrogen-bond acceptors (Lipinski definition) is 2. The Kier molecular flexibility index (Phi) is 3.96. The van der Waals surface area contributed by atoms with E-state index >= 15 is 0 Å². The van der Waals surface area contributed by atoms with Crippen LogP contribution in [-0.2, 0) is 5.60 Å². The maximum absolute atomic E-state index is 13.3. The summed E-state index contributed by atoms with van der Waals surface area (Å²) in [6.07, 6.45) is 0. The van der Waals surface area contributed by atoms with Crippen LogP contribution in [0.5, 0.6) is 5.75 Å². The van der Waals surface area contributed by atoms with Crippen molar-refractivity contribution in [2.75, 3.05) is 0 Å². The fourth-order valence-electron chi connectivity index (χ4n) is 1.87. The zero-order chi connectivity index (χ0) is 14.8. The second-order valence-corrected chi connectivity index (χ2v) is 5.31. The molecule has 0 aliphatic heterocycles. The fourth-order valence-corrected chi connectivity index (χ4v) is 2.06. The minimum Gasteiger partial charge on any atom is -0.483 e. The van der Waals surface area contributed by atoms with E-state index < -0.39 is 11.4 Å². The number of ether oxygens (including phenoxy) is 1. The maximum atomic E-state index is 13.3. The van der Waals surface area contributed by atoms with Crippen LogP contribution in [0.15, 0.2) is 42.5 Å². The van der Waals surface area contributed by atoms with Crippen LogP contribution in [-0.4, -0.2) is 0 Å². The van der Waals surface area contributed by atoms with E-state index in [9.17, 15) is 4.39 Å². The lowest BCUT2D eigenvalue weighted by atomic mass is 9.98. The highest BCUT2D eigenvalue weighted by Crippen LogP contribution is 2.30. The van der Waals surface area contributed by atoms with Gasteiger partial charge >= 0.3 is 0 Å². The number of hydrogen-bond donors (Lipinski definition) is 0. The largest absolute Gasteiger partial charge is 0.483 e. The van der Waals surface area contributed by atoms with E-state index in [0.717, 1.165) is 5.56 Å². The van der Waals surface area contributed by atoms with Crippen molar-refractivity contribution in [2.45, 2.75) is 19.4 Å². The van der Waals surface area contributed by atoms with Crippen LogP contribution < -0.4 is 4.74 Å². The summed E-state index contributed by atoms with van der Waals surface area (Å²) >= 11 is 5.97. The summed E-state index contributed by atoms with van der Waals surface area (Å²) < 4.78 is 19.1. The number of benzene rings is 2. The molecule has 0 radical (unpaired) electrons. The number of halogens is 2. The molecule has 0 unspecified atom stereocenters. The smallest absolute Gasteiger partial charge is 0.141 e. The van der Waals surface area contributed by atoms with Crippen LogP contribution in [0.4, 0.5) is 4.39 Å². The monoisotopic (exact) mass is 289 g/mol. The van der Waals surface area contributed by atoms with Crippen LogP contribution in [0.1, 0.15) is 25.0 Å². The molecule has 0 bridgehead atoms. The van der Waals surface area contributed by atoms with Gasteiger partial charge in [0.25, 0.3) is 0 Å². The van der Waals surface area contributed by atoms with Gasteiger partial charge in [0.1, 0.15) is 23.2 Å². The van der Waals surface area contributed by atoms with E-state index in [-0.39, 0.29) is 5.56 Å². The van der Waals surface area contributed by atoms with Crippen molar-refractivity contribution in [3.63, 3.8) is 0 Å². The molecule has 0 aromatic heterocycles. The van der Waals surface area contributed by atoms with Gasteiger partial charge in [-0.2, -0.15) is 5.26 Å². The van der Waals surface area contributed by atoms with Gasteiger partial charge < -0.3 is 4.74 Å². The predicted octanol–water partition coefficient (Wildman–Crippen LogP) is 4.66. The number of nitrogens with zero attached hydrogens (tertiary/aromatic N) is 1. The van der Waals surface area contributed by atoms with Crippen molar-refractivity contribution < 1.29 is 9.13 Å². The molecule has 2 aromatic rings. The standard InChI is InChI=1S/C16H13ClFNO/c1-16(2,12-4-3-5-13(17)9-12)20-14-6-7-15(18)11(8-14)10-19/h3-9H,1-2H3. The topological polar surface area (TPSA) is 33.0 Å². The van der Waals surface area contributed by atoms with Crippen LogP contribution in [0.3, 0.4) is 0 Å². The van der Waals surface area contributed by atoms with Gasteiger partial charge in [0.05, 0.1) is 5.56 Å². The van der Waals surface area contributed by atoms with E-state index in [1.807, 2.05) is 32.0 Å². The molecule has 2 aromatic carbocycles. The fraction of sp³-hybridized carbons (Fsp3) is 0.188. The van der Waals surface area contributed by atoms with Gasteiger partial charge in [-0.3, -0.25) is 0 Å². The Hall–Kier alpha value is -2.05. The molecule has 20 heavy (non-hydrogen) atoms. The van der Waals surface area contributed by atoms with Crippen molar-refractivity contribution in [2.24, 2.45) is 0 Å². The average molecular weight is 290 g/mol. The van der Waals surface area contributed by atoms with Crippen molar-refractivity contribution >= 4 is 11.6 Å². The van der Waals surface area contributed by atoms with Crippen LogP contribution in [0.25, 0.3) is 0 Å². The van der Waals surface area contributed by atoms with Gasteiger partial charge in [-0.15, -0.1) is 0 Å². The highest BCUT2D eigenvalue weighted by atomic mass is 35.5. The SMILES string of the molecule is CC(C)(Oc1ccc(F)c(C#N)c1)c1cccc(Cl)c1. The molecule has 0 atom stereocenters. The third-order valence-corrected chi connectivity index (χ3v) is 3.19. The average Bonchev–Trinajstić information content (AvgIpc) is 2.40. The maximum Gasteiger partial charge on any atom is 0.141 e. The van der Waals surface area contributed by atoms with Crippen molar-refractivity contribution in [1.82, 2.24) is 0 Å². The van der Waals surface area contributed by atoms with Gasteiger partial charge in [-0.1, -0.05) is 23.7 Å². The summed E-state index contributed by atoms with van der Waals surface area (Å²) in [6, 6.07) is 13.3. The summed E-state index contributed by atoms with van der Waals surface area (Å²) in [5.74, 6) is -0.117. The number of rotatable bonds is 3. The highest BCUT2D eigenvalue weighted by Gasteiger charge is 2.23. The Labute approximate surface area is 122 Å². The lowest BCUT2D eigenvalue weighted by Gasteiger charge is -2.27. The van der Waals surface area contributed by atoms with Crippen LogP contribution >= 0.6 is 11.6 Å². The second kappa shape index (κ2) is 5.52. The summed E-state index contributed by atoms with van der Waals surface area (Å²) in [6.45, 7) is 3.77. The lowest BCUT2D eigenvalue weighted by Crippen LogP contribution is -2.25. The lowest BCUT2D eigenvalue weighted by molar-refractivity contribution is 0.108. The van der Waals surface area contributed by atoms with E-state index in [1.165, 1.54) is 18.2 Å². The molecule has 0 aliphatic rings. The Bertz CT molecular complexity index is 676. The van der Waals surface area contributed by atoms with Crippen molar-refractivity contribution in [3.8, 4) is 11.8 Å². The summed E-state index contributed by atoms with van der Waals surface area (Å²) in [5.41, 5.74) is 0.215. The Morgan fingerprint density at radius 1 is 1.20 bits per heavy atom. The normalized spacial score (nSPS) is 10.9. The zero-order valence-corrected chi connectivity index (χ0v) is 11.9. The first-order chi connectivity index (χ1) is 9.42. The Morgan fingerprint density at radius 3 is 2.60 bits per heavy atom. The highest BCUT2D eigenvalue weighted by molar-refractivity contribution is 6.30. The third kappa shape index (κ3) is 3.09. The molecule has 2 nitrogen and oxygen atoms in total. The van der Waals surface area contributed by atoms with Gasteiger partial charge in [0, 0.05) is 11.1 Å². The molecular formula is C16H13ClFNO. The third-order valence-electron chi connectivity index (χ3n) is 2.95. The first-order valence-electron chi connectivity index (χ1n) is 6.07. The second-order valence-electron chi connectivity index (χ2n) is 4.88. The summed E-state index contributed by atoms with van der Waals surface area (Å²) in [7, 11) is 0. The first-order valence-corrected chi connectivity index (χ1v) is 6.45. The minimum atomic E-state index is -0.643. The summed E-state index contributed by atoms with van der Waals surface area (Å²) in [5, 5.41) is 9.45. The minimum absolute atomic E-state index is 0.0376. The quantitative estimate of drug-likeness (QED) is 0.823. The molecule has 0 heterocycles. The predicted molar refractivity (Wildman–Crippen MR) is 76.2 cm³/mol. The molecule has 0 fully saturated rings. The molecule has 2 rings (SSSR count). The molecule has 0 saturated carbocycles.